The standard InChI is InChI=1S/C24H27N5O2/c1-17-7-8-21(18(2)15-17)25-24(30)29-13-11-28(12-14-29)23-10-9-22(26-27-23)19-5-4-6-20(16-19)31-3/h4-10,15-16H,11-14H2,1-3H3,(H,25,30). The number of amides is 2. The number of aryl methyl sites for hydroxylation is 2. The number of benzene rings is 2. The van der Waals surface area contributed by atoms with E-state index in [9.17, 15) is 4.79 Å². The predicted octanol–water partition coefficient (Wildman–Crippen LogP) is 4.12. The number of hydrogen-bond acceptors (Lipinski definition) is 5. The number of ether oxygens (including phenoxy) is 1. The fraction of sp³-hybridized carbons (Fsp3) is 0.292. The predicted molar refractivity (Wildman–Crippen MR) is 123 cm³/mol. The van der Waals surface area contributed by atoms with Crippen molar-refractivity contribution < 1.29 is 9.53 Å². The van der Waals surface area contributed by atoms with Gasteiger partial charge in [-0.3, -0.25) is 0 Å². The van der Waals surface area contributed by atoms with Gasteiger partial charge in [-0.2, -0.15) is 0 Å². The molecule has 7 heteroatoms. The lowest BCUT2D eigenvalue weighted by Gasteiger charge is -2.35. The van der Waals surface area contributed by atoms with Gasteiger partial charge < -0.3 is 19.9 Å². The number of aromatic nitrogens is 2. The summed E-state index contributed by atoms with van der Waals surface area (Å²) in [5.41, 5.74) is 4.87. The largest absolute Gasteiger partial charge is 0.497 e. The third-order valence-corrected chi connectivity index (χ3v) is 5.53. The highest BCUT2D eigenvalue weighted by atomic mass is 16.5. The number of methoxy groups -OCH3 is 1. The number of hydrogen-bond donors (Lipinski definition) is 1. The van der Waals surface area contributed by atoms with Crippen LogP contribution in [-0.4, -0.2) is 54.4 Å². The summed E-state index contributed by atoms with van der Waals surface area (Å²) >= 11 is 0. The Morgan fingerprint density at radius 2 is 1.77 bits per heavy atom. The SMILES string of the molecule is COc1cccc(-c2ccc(N3CCN(C(=O)Nc4ccc(C)cc4C)CC3)nn2)c1. The average molecular weight is 418 g/mol. The fourth-order valence-corrected chi connectivity index (χ4v) is 3.72. The molecule has 3 aromatic rings. The topological polar surface area (TPSA) is 70.6 Å². The van der Waals surface area contributed by atoms with Crippen LogP contribution in [0.25, 0.3) is 11.3 Å². The van der Waals surface area contributed by atoms with Crippen molar-refractivity contribution in [2.24, 2.45) is 0 Å². The second-order valence-corrected chi connectivity index (χ2v) is 7.73. The summed E-state index contributed by atoms with van der Waals surface area (Å²) in [6, 6.07) is 17.7. The van der Waals surface area contributed by atoms with E-state index in [0.717, 1.165) is 34.1 Å². The molecule has 2 heterocycles. The van der Waals surface area contributed by atoms with Crippen LogP contribution in [0.3, 0.4) is 0 Å². The summed E-state index contributed by atoms with van der Waals surface area (Å²) in [6.45, 7) is 6.76. The second kappa shape index (κ2) is 9.04. The molecule has 1 saturated heterocycles. The normalized spacial score (nSPS) is 13.8. The van der Waals surface area contributed by atoms with Crippen molar-refractivity contribution in [1.29, 1.82) is 0 Å². The molecule has 2 amide bonds. The van der Waals surface area contributed by atoms with Crippen molar-refractivity contribution in [2.45, 2.75) is 13.8 Å². The minimum absolute atomic E-state index is 0.0638. The first-order chi connectivity index (χ1) is 15.0. The molecule has 0 radical (unpaired) electrons. The van der Waals surface area contributed by atoms with E-state index in [1.807, 2.05) is 67.3 Å². The average Bonchev–Trinajstić information content (AvgIpc) is 2.81. The Hall–Kier alpha value is -3.61. The summed E-state index contributed by atoms with van der Waals surface area (Å²) in [7, 11) is 1.65. The van der Waals surface area contributed by atoms with Gasteiger partial charge in [-0.15, -0.1) is 10.2 Å². The van der Waals surface area contributed by atoms with Crippen LogP contribution in [-0.2, 0) is 0 Å². The Bertz CT molecular complexity index is 1060. The summed E-state index contributed by atoms with van der Waals surface area (Å²) < 4.78 is 5.28. The number of anilines is 2. The number of piperazine rings is 1. The third-order valence-electron chi connectivity index (χ3n) is 5.53. The van der Waals surface area contributed by atoms with E-state index in [2.05, 4.69) is 26.5 Å². The van der Waals surface area contributed by atoms with Crippen LogP contribution in [0, 0.1) is 13.8 Å². The zero-order valence-corrected chi connectivity index (χ0v) is 18.1. The Morgan fingerprint density at radius 3 is 2.45 bits per heavy atom. The van der Waals surface area contributed by atoms with Crippen LogP contribution in [0.15, 0.2) is 54.6 Å². The molecule has 1 N–H and O–H groups in total. The van der Waals surface area contributed by atoms with Crippen LogP contribution in [0.2, 0.25) is 0 Å². The lowest BCUT2D eigenvalue weighted by Crippen LogP contribution is -2.50. The maximum atomic E-state index is 12.7. The molecule has 1 aliphatic heterocycles. The summed E-state index contributed by atoms with van der Waals surface area (Å²) in [5.74, 6) is 1.61. The molecule has 0 unspecified atom stereocenters. The molecular formula is C24H27N5O2. The van der Waals surface area contributed by atoms with E-state index in [4.69, 9.17) is 4.74 Å². The zero-order chi connectivity index (χ0) is 21.8. The molecule has 1 aliphatic rings. The summed E-state index contributed by atoms with van der Waals surface area (Å²) in [4.78, 5) is 16.7. The van der Waals surface area contributed by atoms with Gasteiger partial charge >= 0.3 is 6.03 Å². The van der Waals surface area contributed by atoms with Gasteiger partial charge in [0.05, 0.1) is 12.8 Å². The van der Waals surface area contributed by atoms with Crippen molar-refractivity contribution in [3.63, 3.8) is 0 Å². The second-order valence-electron chi connectivity index (χ2n) is 7.73. The molecule has 0 bridgehead atoms. The van der Waals surface area contributed by atoms with Crippen molar-refractivity contribution >= 4 is 17.5 Å². The van der Waals surface area contributed by atoms with Crippen LogP contribution in [0.5, 0.6) is 5.75 Å². The molecule has 31 heavy (non-hydrogen) atoms. The van der Waals surface area contributed by atoms with E-state index in [1.165, 1.54) is 5.56 Å². The monoisotopic (exact) mass is 417 g/mol. The number of urea groups is 1. The molecule has 0 aliphatic carbocycles. The number of nitrogens with zero attached hydrogens (tertiary/aromatic N) is 4. The molecule has 160 valence electrons. The first kappa shape index (κ1) is 20.7. The number of carbonyl (C=O) groups excluding carboxylic acids is 1. The van der Waals surface area contributed by atoms with Crippen molar-refractivity contribution in [1.82, 2.24) is 15.1 Å². The number of nitrogens with one attached hydrogen (secondary N) is 1. The molecule has 0 atom stereocenters. The Labute approximate surface area is 182 Å². The van der Waals surface area contributed by atoms with Gasteiger partial charge in [0, 0.05) is 37.4 Å². The van der Waals surface area contributed by atoms with Crippen molar-refractivity contribution in [2.75, 3.05) is 43.5 Å². The molecule has 7 nitrogen and oxygen atoms in total. The summed E-state index contributed by atoms with van der Waals surface area (Å²) in [5, 5.41) is 11.8. The first-order valence-corrected chi connectivity index (χ1v) is 10.4. The van der Waals surface area contributed by atoms with Gasteiger partial charge in [-0.05, 0) is 49.7 Å². The highest BCUT2D eigenvalue weighted by Gasteiger charge is 2.22. The Morgan fingerprint density at radius 1 is 0.968 bits per heavy atom. The molecule has 0 saturated carbocycles. The zero-order valence-electron chi connectivity index (χ0n) is 18.1. The molecule has 1 aromatic heterocycles. The number of rotatable bonds is 4. The van der Waals surface area contributed by atoms with Crippen molar-refractivity contribution in [3.8, 4) is 17.0 Å². The molecule has 1 fully saturated rings. The van der Waals surface area contributed by atoms with Gasteiger partial charge in [0.1, 0.15) is 5.75 Å². The fourth-order valence-electron chi connectivity index (χ4n) is 3.72. The lowest BCUT2D eigenvalue weighted by molar-refractivity contribution is 0.208. The van der Waals surface area contributed by atoms with E-state index in [-0.39, 0.29) is 6.03 Å². The first-order valence-electron chi connectivity index (χ1n) is 10.4. The molecular weight excluding hydrogens is 390 g/mol. The van der Waals surface area contributed by atoms with E-state index >= 15 is 0 Å². The molecule has 4 rings (SSSR count). The van der Waals surface area contributed by atoms with Gasteiger partial charge in [-0.25, -0.2) is 4.79 Å². The van der Waals surface area contributed by atoms with E-state index < -0.39 is 0 Å². The van der Waals surface area contributed by atoms with Gasteiger partial charge in [0.15, 0.2) is 5.82 Å². The molecule has 0 spiro atoms. The highest BCUT2D eigenvalue weighted by Crippen LogP contribution is 2.23. The maximum Gasteiger partial charge on any atom is 0.321 e. The Kier molecular flexibility index (Phi) is 6.02. The number of carbonyl (C=O) groups is 1. The smallest absolute Gasteiger partial charge is 0.321 e. The molecule has 2 aromatic carbocycles. The van der Waals surface area contributed by atoms with Crippen LogP contribution < -0.4 is 15.0 Å². The quantitative estimate of drug-likeness (QED) is 0.691. The summed E-state index contributed by atoms with van der Waals surface area (Å²) in [6.07, 6.45) is 0. The lowest BCUT2D eigenvalue weighted by atomic mass is 10.1. The maximum absolute atomic E-state index is 12.7. The van der Waals surface area contributed by atoms with E-state index in [0.29, 0.717) is 26.2 Å². The van der Waals surface area contributed by atoms with Gasteiger partial charge in [-0.1, -0.05) is 29.8 Å². The van der Waals surface area contributed by atoms with Crippen LogP contribution >= 0.6 is 0 Å². The van der Waals surface area contributed by atoms with E-state index in [1.54, 1.807) is 7.11 Å². The van der Waals surface area contributed by atoms with Gasteiger partial charge in [0.2, 0.25) is 0 Å². The van der Waals surface area contributed by atoms with Crippen LogP contribution in [0.4, 0.5) is 16.3 Å². The third kappa shape index (κ3) is 4.77. The van der Waals surface area contributed by atoms with Crippen molar-refractivity contribution in [3.05, 3.63) is 65.7 Å². The van der Waals surface area contributed by atoms with Crippen LogP contribution in [0.1, 0.15) is 11.1 Å². The minimum Gasteiger partial charge on any atom is -0.497 e. The minimum atomic E-state index is -0.0638. The van der Waals surface area contributed by atoms with Gasteiger partial charge in [0.25, 0.3) is 0 Å². The highest BCUT2D eigenvalue weighted by molar-refractivity contribution is 5.90. The Balaban J connectivity index is 1.35.